The van der Waals surface area contributed by atoms with Gasteiger partial charge in [0.2, 0.25) is 5.28 Å². The normalized spacial score (nSPS) is 15.7. The Labute approximate surface area is 587 Å². The number of rotatable bonds is 12. The first-order chi connectivity index (χ1) is 55.0. The zero-order valence-corrected chi connectivity index (χ0v) is 51.7. The predicted molar refractivity (Wildman–Crippen MR) is 373 cm³/mol. The third-order valence-electron chi connectivity index (χ3n) is 14.8. The highest BCUT2D eigenvalue weighted by Gasteiger charge is 2.52. The van der Waals surface area contributed by atoms with Gasteiger partial charge < -0.3 is 9.31 Å². The van der Waals surface area contributed by atoms with Crippen molar-refractivity contribution in [3.63, 3.8) is 0 Å². The minimum Gasteiger partial charge on any atom is -0.399 e. The Morgan fingerprint density at radius 3 is 0.885 bits per heavy atom. The second-order valence-corrected chi connectivity index (χ2v) is 22.0. The fourth-order valence-electron chi connectivity index (χ4n) is 9.28. The molecule has 466 valence electrons. The monoisotopic (exact) mass is 1300 g/mol. The lowest BCUT2D eigenvalue weighted by atomic mass is 9.78. The second kappa shape index (κ2) is 28.3. The largest absolute Gasteiger partial charge is 0.494 e. The van der Waals surface area contributed by atoms with Gasteiger partial charge in [-0.3, -0.25) is 0 Å². The van der Waals surface area contributed by atoms with E-state index in [4.69, 9.17) is 48.3 Å². The van der Waals surface area contributed by atoms with Gasteiger partial charge in [0.15, 0.2) is 64.1 Å². The summed E-state index contributed by atoms with van der Waals surface area (Å²) in [6.45, 7) is 7.95. The van der Waals surface area contributed by atoms with Gasteiger partial charge in [-0.15, -0.1) is 0 Å². The summed E-state index contributed by atoms with van der Waals surface area (Å²) in [6.07, 6.45) is 0. The van der Waals surface area contributed by atoms with Gasteiger partial charge in [-0.05, 0) is 75.1 Å². The van der Waals surface area contributed by atoms with Gasteiger partial charge in [0.1, 0.15) is 11.6 Å². The smallest absolute Gasteiger partial charge is 0.399 e. The Hall–Kier alpha value is -11.6. The maximum Gasteiger partial charge on any atom is 0.494 e. The summed E-state index contributed by atoms with van der Waals surface area (Å²) in [7, 11) is -0.617. The first kappa shape index (κ1) is 43.3. The number of aromatic nitrogens is 12. The molecule has 14 nitrogen and oxygen atoms in total. The Bertz CT molecular complexity index is 5850. The summed E-state index contributed by atoms with van der Waals surface area (Å²) < 4.78 is 205. The van der Waals surface area contributed by atoms with Crippen LogP contribution in [0.5, 0.6) is 0 Å². The molecule has 10 aromatic carbocycles. The quantitative estimate of drug-likeness (QED) is 0.106. The number of hydrogen-bond donors (Lipinski definition) is 0. The van der Waals surface area contributed by atoms with Gasteiger partial charge in [-0.2, -0.15) is 9.97 Å². The van der Waals surface area contributed by atoms with E-state index in [0.29, 0.717) is 28.2 Å². The zero-order chi connectivity index (χ0) is 83.4. The second-order valence-electron chi connectivity index (χ2n) is 21.7. The maximum atomic E-state index is 15.8. The Kier molecular flexibility index (Phi) is 12.8. The fourth-order valence-corrected chi connectivity index (χ4v) is 9.44. The molecule has 0 aliphatic carbocycles. The number of halogens is 3. The molecule has 0 amide bonds. The highest BCUT2D eigenvalue weighted by Crippen LogP contribution is 2.38. The summed E-state index contributed by atoms with van der Waals surface area (Å²) in [5.74, 6) is -1.33. The SMILES string of the molecule is CC1(C)OB(c2ccc(F)c(-c3nc(-c4ccccc4)nc(-c4ccccc4)n3)c2)OC1(C)C.[2H]c1c([2H])c([2H])c(-c2nc(-c3ccc(F)c(-c4nc(-c5ccccc5)nc(-c5ccccc5)n4)c3)nc(-c3c([2H])c([2H])c([2H])c([2H])c3[2H])n2)c([2H])c1[2H].[2H]c1c([2H])c([2H])c(-c2nc(Cl)nc(-c3c([2H])c([2H])c([2H])c([2H])c3[2H])n2)c([2H])c1[2H]. The molecule has 1 aliphatic heterocycles. The van der Waals surface area contributed by atoms with E-state index in [9.17, 15) is 0 Å². The molecule has 14 aromatic rings. The van der Waals surface area contributed by atoms with Gasteiger partial charge in [0.05, 0.1) is 49.7 Å². The van der Waals surface area contributed by atoms with Crippen LogP contribution >= 0.6 is 11.6 Å². The van der Waals surface area contributed by atoms with Crippen molar-refractivity contribution in [2.24, 2.45) is 0 Å². The zero-order valence-electron chi connectivity index (χ0n) is 70.9. The molecular weight excluding hydrogens is 1220 g/mol. The van der Waals surface area contributed by atoms with E-state index in [1.807, 2.05) is 125 Å². The van der Waals surface area contributed by atoms with Crippen LogP contribution in [0.15, 0.2) is 279 Å². The van der Waals surface area contributed by atoms with Crippen molar-refractivity contribution < 1.29 is 45.5 Å². The van der Waals surface area contributed by atoms with Crippen molar-refractivity contribution in [2.45, 2.75) is 38.9 Å². The molecule has 5 heterocycles. The molecule has 96 heavy (non-hydrogen) atoms. The highest BCUT2D eigenvalue weighted by atomic mass is 35.5. The minimum atomic E-state index is -0.719. The van der Waals surface area contributed by atoms with Crippen LogP contribution < -0.4 is 5.46 Å². The van der Waals surface area contributed by atoms with Crippen LogP contribution in [0.25, 0.3) is 125 Å². The summed E-state index contributed by atoms with van der Waals surface area (Å²) in [6, 6.07) is 33.3. The predicted octanol–water partition coefficient (Wildman–Crippen LogP) is 17.4. The Morgan fingerprint density at radius 1 is 0.302 bits per heavy atom. The number of benzene rings is 10. The molecule has 1 aliphatic rings. The molecular formula is C78H58BClF2N12O2. The molecule has 15 rings (SSSR count). The van der Waals surface area contributed by atoms with Crippen molar-refractivity contribution in [3.8, 4) is 125 Å². The Morgan fingerprint density at radius 2 is 0.562 bits per heavy atom. The van der Waals surface area contributed by atoms with Crippen LogP contribution in [-0.4, -0.2) is 78.1 Å². The van der Waals surface area contributed by atoms with E-state index < -0.39 is 179 Å². The van der Waals surface area contributed by atoms with Crippen LogP contribution in [0, 0.1) is 11.6 Å². The average molecular weight is 1300 g/mol. The third kappa shape index (κ3) is 14.6. The van der Waals surface area contributed by atoms with Gasteiger partial charge in [0.25, 0.3) is 0 Å². The van der Waals surface area contributed by atoms with Crippen LogP contribution in [0.4, 0.5) is 8.78 Å². The number of hydrogen-bond acceptors (Lipinski definition) is 14. The minimum absolute atomic E-state index is 0.0391. The first-order valence-electron chi connectivity index (χ1n) is 39.2. The van der Waals surface area contributed by atoms with Gasteiger partial charge in [-0.1, -0.05) is 248 Å². The van der Waals surface area contributed by atoms with E-state index >= 15 is 8.78 Å². The van der Waals surface area contributed by atoms with Crippen LogP contribution in [0.3, 0.4) is 0 Å². The molecule has 0 radical (unpaired) electrons. The molecule has 0 bridgehead atoms. The molecule has 1 fully saturated rings. The molecule has 0 atom stereocenters. The molecule has 0 N–H and O–H groups in total. The number of nitrogens with zero attached hydrogens (tertiary/aromatic N) is 12. The summed E-state index contributed by atoms with van der Waals surface area (Å²) >= 11 is 5.91. The van der Waals surface area contributed by atoms with Crippen molar-refractivity contribution in [3.05, 3.63) is 295 Å². The molecule has 0 spiro atoms. The molecule has 0 saturated carbocycles. The van der Waals surface area contributed by atoms with E-state index in [2.05, 4.69) is 59.8 Å². The molecule has 0 unspecified atom stereocenters. The maximum absolute atomic E-state index is 15.8. The first-order valence-corrected chi connectivity index (χ1v) is 29.6. The van der Waals surface area contributed by atoms with E-state index in [1.165, 1.54) is 18.2 Å². The van der Waals surface area contributed by atoms with E-state index in [1.54, 1.807) is 36.4 Å². The van der Waals surface area contributed by atoms with Gasteiger partial charge in [0, 0.05) is 50.1 Å². The topological polar surface area (TPSA) is 173 Å². The molecule has 4 aromatic heterocycles. The van der Waals surface area contributed by atoms with Gasteiger partial charge in [-0.25, -0.2) is 58.6 Å². The fraction of sp³-hybridized carbons (Fsp3) is 0.0769. The summed E-state index contributed by atoms with van der Waals surface area (Å²) in [5.41, 5.74) is 1.40. The van der Waals surface area contributed by atoms with Crippen LogP contribution in [0.2, 0.25) is 5.28 Å². The van der Waals surface area contributed by atoms with Crippen LogP contribution in [-0.2, 0) is 9.31 Å². The summed E-state index contributed by atoms with van der Waals surface area (Å²) in [5, 5.41) is -0.441. The third-order valence-corrected chi connectivity index (χ3v) is 14.9. The average Bonchev–Trinajstić information content (AvgIpc) is 1.71. The molecule has 1 saturated heterocycles. The van der Waals surface area contributed by atoms with E-state index in [-0.39, 0.29) is 68.6 Å². The lowest BCUT2D eigenvalue weighted by molar-refractivity contribution is 0.00578. The van der Waals surface area contributed by atoms with Gasteiger partial charge >= 0.3 is 7.12 Å². The van der Waals surface area contributed by atoms with Crippen molar-refractivity contribution in [1.82, 2.24) is 59.8 Å². The molecule has 18 heteroatoms. The van der Waals surface area contributed by atoms with Crippen LogP contribution in [0.1, 0.15) is 55.1 Å². The highest BCUT2D eigenvalue weighted by molar-refractivity contribution is 6.62. The van der Waals surface area contributed by atoms with E-state index in [0.717, 1.165) is 17.2 Å². The lowest BCUT2D eigenvalue weighted by Gasteiger charge is -2.32. The standard InChI is InChI=1S/C36H23FN6.C27H25BFN3O2.C15H10ClN3/c37-30-22-21-28(35-40-31(24-13-5-1-6-14-24)38-32(41-35)25-15-7-2-8-16-25)23-29(30)36-42-33(26-17-9-3-10-18-26)39-34(43-36)27-19-11-4-12-20-27;1-26(2)27(3,4)34-28(33-26)20-15-16-22(29)21(17-20)25-31-23(18-11-7-5-8-12-18)30-24(32-25)19-13-9-6-10-14-19;16-15-18-13(11-7-3-1-4-8-11)17-14(19-15)12-9-5-2-6-10-12/h1-23H;5-17H,1-4H3;1-10H/i1D,2D,5D,6D,7D,8D,13D,14D,15D,16D;;1D,2D,3D,4D,5D,6D,7D,8D,9D,10D. The van der Waals surface area contributed by atoms with Crippen molar-refractivity contribution in [2.75, 3.05) is 0 Å². The summed E-state index contributed by atoms with van der Waals surface area (Å²) in [4.78, 5) is 52.5. The van der Waals surface area contributed by atoms with Crippen molar-refractivity contribution >= 4 is 24.2 Å². The van der Waals surface area contributed by atoms with Crippen molar-refractivity contribution in [1.29, 1.82) is 0 Å². The lowest BCUT2D eigenvalue weighted by Crippen LogP contribution is -2.41. The Balaban J connectivity index is 0.000000161.